The third kappa shape index (κ3) is 6.98. The molecule has 3 aromatic rings. The van der Waals surface area contributed by atoms with Crippen LogP contribution < -0.4 is 20.7 Å². The van der Waals surface area contributed by atoms with E-state index in [1.165, 1.54) is 30.2 Å². The fourth-order valence-corrected chi connectivity index (χ4v) is 4.26. The number of nitrogens with one attached hydrogen (secondary N) is 2. The van der Waals surface area contributed by atoms with Crippen LogP contribution >= 0.6 is 0 Å². The van der Waals surface area contributed by atoms with Crippen molar-refractivity contribution in [2.24, 2.45) is 5.16 Å². The van der Waals surface area contributed by atoms with E-state index in [1.54, 1.807) is 31.4 Å². The summed E-state index contributed by atoms with van der Waals surface area (Å²) < 4.78 is 32.9. The lowest BCUT2D eigenvalue weighted by molar-refractivity contribution is 0.215. The van der Waals surface area contributed by atoms with Gasteiger partial charge in [-0.2, -0.15) is 0 Å². The fourth-order valence-electron chi connectivity index (χ4n) is 3.71. The first-order chi connectivity index (χ1) is 17.3. The second-order valence-corrected chi connectivity index (χ2v) is 11.1. The maximum absolute atomic E-state index is 12.5. The van der Waals surface area contributed by atoms with Crippen molar-refractivity contribution in [3.63, 3.8) is 0 Å². The van der Waals surface area contributed by atoms with Crippen molar-refractivity contribution < 1.29 is 18.0 Å². The number of rotatable bonds is 8. The molecule has 0 bridgehead atoms. The largest absolute Gasteiger partial charge is 0.496 e. The Morgan fingerprint density at radius 1 is 1.00 bits per heavy atom. The van der Waals surface area contributed by atoms with Crippen molar-refractivity contribution in [2.45, 2.75) is 26.2 Å². The second kappa shape index (κ2) is 10.9. The summed E-state index contributed by atoms with van der Waals surface area (Å²) in [5.41, 5.74) is 2.45. The molecular weight excluding hydrogens is 496 g/mol. The van der Waals surface area contributed by atoms with Crippen molar-refractivity contribution in [1.82, 2.24) is 9.55 Å². The molecule has 0 atom stereocenters. The maximum Gasteiger partial charge on any atom is 0.332 e. The van der Waals surface area contributed by atoms with Crippen LogP contribution in [0.2, 0.25) is 0 Å². The number of ether oxygens (including phenoxy) is 1. The third-order valence-corrected chi connectivity index (χ3v) is 5.95. The molecule has 1 heterocycles. The van der Waals surface area contributed by atoms with E-state index in [-0.39, 0.29) is 5.41 Å². The van der Waals surface area contributed by atoms with Crippen LogP contribution in [-0.2, 0) is 20.3 Å². The van der Waals surface area contributed by atoms with E-state index < -0.39 is 21.3 Å². The van der Waals surface area contributed by atoms with Crippen molar-refractivity contribution in [2.75, 3.05) is 25.2 Å². The molecule has 0 aliphatic heterocycles. The van der Waals surface area contributed by atoms with E-state index in [0.29, 0.717) is 28.3 Å². The van der Waals surface area contributed by atoms with Crippen LogP contribution in [0.5, 0.6) is 5.75 Å². The molecule has 0 spiro atoms. The Bertz CT molecular complexity index is 1580. The molecule has 0 saturated heterocycles. The van der Waals surface area contributed by atoms with E-state index >= 15 is 0 Å². The Hall–Kier alpha value is -4.12. The fraction of sp³-hybridized carbons (Fsp3) is 0.269. The van der Waals surface area contributed by atoms with Crippen molar-refractivity contribution >= 4 is 34.1 Å². The summed E-state index contributed by atoms with van der Waals surface area (Å²) in [6.07, 6.45) is 7.63. The second-order valence-electron chi connectivity index (χ2n) is 9.31. The molecule has 0 amide bonds. The Kier molecular flexibility index (Phi) is 8.07. The van der Waals surface area contributed by atoms with E-state index in [2.05, 4.69) is 14.9 Å². The number of benzene rings is 2. The first-order valence-corrected chi connectivity index (χ1v) is 13.1. The number of hydrogen-bond donors (Lipinski definition) is 2. The number of aromatic amines is 1. The zero-order valence-corrected chi connectivity index (χ0v) is 22.3. The highest BCUT2D eigenvalue weighted by molar-refractivity contribution is 7.92. The summed E-state index contributed by atoms with van der Waals surface area (Å²) in [6, 6.07) is 9.95. The van der Waals surface area contributed by atoms with Gasteiger partial charge in [-0.25, -0.2) is 13.2 Å². The number of sulfonamides is 1. The van der Waals surface area contributed by atoms with Gasteiger partial charge in [0.1, 0.15) is 12.9 Å². The Morgan fingerprint density at radius 2 is 1.70 bits per heavy atom. The zero-order valence-electron chi connectivity index (χ0n) is 21.5. The number of H-pyrrole nitrogens is 1. The molecule has 1 aromatic heterocycles. The van der Waals surface area contributed by atoms with Gasteiger partial charge in [-0.3, -0.25) is 19.1 Å². The van der Waals surface area contributed by atoms with Gasteiger partial charge in [0.2, 0.25) is 10.0 Å². The molecule has 0 saturated carbocycles. The standard InChI is InChI=1S/C26H30N4O6S/c1-26(2,3)22-15-21(30-12-11-23(31)28-25(30)32)14-18(24(22)35-4)8-7-17-9-10-20(29-37(6,33)34)13-19(17)16-27-36-5/h7-16,29H,1-6H3,(H,28,31,32)/b8-7?,27-16+. The van der Waals surface area contributed by atoms with Gasteiger partial charge < -0.3 is 9.57 Å². The minimum absolute atomic E-state index is 0.328. The Labute approximate surface area is 215 Å². The minimum atomic E-state index is -3.46. The van der Waals surface area contributed by atoms with Crippen molar-refractivity contribution in [3.8, 4) is 11.4 Å². The average Bonchev–Trinajstić information content (AvgIpc) is 2.80. The van der Waals surface area contributed by atoms with Crippen LogP contribution in [0.3, 0.4) is 0 Å². The molecule has 0 radical (unpaired) electrons. The van der Waals surface area contributed by atoms with E-state index in [0.717, 1.165) is 17.4 Å². The number of anilines is 1. The van der Waals surface area contributed by atoms with Crippen molar-refractivity contribution in [1.29, 1.82) is 0 Å². The number of hydrogen-bond acceptors (Lipinski definition) is 7. The van der Waals surface area contributed by atoms with E-state index in [9.17, 15) is 18.0 Å². The quantitative estimate of drug-likeness (QED) is 0.263. The molecule has 11 heteroatoms. The lowest BCUT2D eigenvalue weighted by Gasteiger charge is -2.25. The minimum Gasteiger partial charge on any atom is -0.496 e. The molecule has 10 nitrogen and oxygen atoms in total. The molecule has 2 N–H and O–H groups in total. The topological polar surface area (TPSA) is 132 Å². The van der Waals surface area contributed by atoms with Crippen LogP contribution in [0.1, 0.15) is 43.0 Å². The van der Waals surface area contributed by atoms with E-state index in [4.69, 9.17) is 9.57 Å². The predicted octanol–water partition coefficient (Wildman–Crippen LogP) is 3.35. The molecule has 37 heavy (non-hydrogen) atoms. The normalized spacial score (nSPS) is 12.3. The summed E-state index contributed by atoms with van der Waals surface area (Å²) in [6.45, 7) is 6.10. The molecule has 196 valence electrons. The van der Waals surface area contributed by atoms with Crippen LogP contribution in [0.4, 0.5) is 5.69 Å². The third-order valence-electron chi connectivity index (χ3n) is 5.35. The molecular formula is C26H30N4O6S. The highest BCUT2D eigenvalue weighted by Crippen LogP contribution is 2.37. The van der Waals surface area contributed by atoms with Gasteiger partial charge in [0.25, 0.3) is 5.56 Å². The monoisotopic (exact) mass is 526 g/mol. The van der Waals surface area contributed by atoms with Crippen LogP contribution in [0, 0.1) is 0 Å². The van der Waals surface area contributed by atoms with Gasteiger partial charge in [-0.05, 0) is 35.2 Å². The summed E-state index contributed by atoms with van der Waals surface area (Å²) in [5, 5.41) is 3.82. The number of nitrogens with zero attached hydrogens (tertiary/aromatic N) is 2. The van der Waals surface area contributed by atoms with Crippen LogP contribution in [0.15, 0.2) is 57.3 Å². The van der Waals surface area contributed by atoms with Gasteiger partial charge in [-0.15, -0.1) is 0 Å². The predicted molar refractivity (Wildman–Crippen MR) is 146 cm³/mol. The molecule has 3 rings (SSSR count). The van der Waals surface area contributed by atoms with Gasteiger partial charge in [0.15, 0.2) is 0 Å². The van der Waals surface area contributed by atoms with Crippen molar-refractivity contribution in [3.05, 3.63) is 85.7 Å². The van der Waals surface area contributed by atoms with Gasteiger partial charge in [0, 0.05) is 34.6 Å². The molecule has 0 aliphatic rings. The first-order valence-electron chi connectivity index (χ1n) is 11.2. The van der Waals surface area contributed by atoms with E-state index in [1.807, 2.05) is 39.0 Å². The lowest BCUT2D eigenvalue weighted by Crippen LogP contribution is -2.28. The average molecular weight is 527 g/mol. The summed E-state index contributed by atoms with van der Waals surface area (Å²) in [7, 11) is -0.468. The van der Waals surface area contributed by atoms with Gasteiger partial charge in [0.05, 0.1) is 25.3 Å². The number of aromatic nitrogens is 2. The summed E-state index contributed by atoms with van der Waals surface area (Å²) >= 11 is 0. The molecule has 0 fully saturated rings. The highest BCUT2D eigenvalue weighted by atomic mass is 32.2. The summed E-state index contributed by atoms with van der Waals surface area (Å²) in [4.78, 5) is 31.2. The smallest absolute Gasteiger partial charge is 0.332 e. The van der Waals surface area contributed by atoms with Gasteiger partial charge in [-0.1, -0.05) is 44.1 Å². The summed E-state index contributed by atoms with van der Waals surface area (Å²) in [5.74, 6) is 0.632. The first kappa shape index (κ1) is 27.5. The number of oxime groups is 1. The zero-order chi connectivity index (χ0) is 27.4. The maximum atomic E-state index is 12.5. The number of methoxy groups -OCH3 is 1. The van der Waals surface area contributed by atoms with Crippen LogP contribution in [0.25, 0.3) is 17.8 Å². The van der Waals surface area contributed by atoms with Gasteiger partial charge >= 0.3 is 5.69 Å². The lowest BCUT2D eigenvalue weighted by atomic mass is 9.84. The Morgan fingerprint density at radius 3 is 2.30 bits per heavy atom. The Balaban J connectivity index is 2.20. The molecule has 0 unspecified atom stereocenters. The highest BCUT2D eigenvalue weighted by Gasteiger charge is 2.22. The SMILES string of the molecule is CO/N=C/c1cc(NS(C)(=O)=O)ccc1C=Cc1cc(-n2ccc(=O)[nH]c2=O)cc(C(C)(C)C)c1OC. The van der Waals surface area contributed by atoms with Crippen LogP contribution in [-0.4, -0.2) is 44.7 Å². The molecule has 0 aliphatic carbocycles. The molecule has 2 aromatic carbocycles.